The predicted molar refractivity (Wildman–Crippen MR) is 87.5 cm³/mol. The van der Waals surface area contributed by atoms with Crippen molar-refractivity contribution in [3.05, 3.63) is 34.6 Å². The number of imidazole rings is 1. The number of hydrogen-bond donors (Lipinski definition) is 1. The molecule has 2 heterocycles. The summed E-state index contributed by atoms with van der Waals surface area (Å²) in [5.74, 6) is -0.766. The number of nitrogens with two attached hydrogens (primary N) is 1. The Morgan fingerprint density at radius 3 is 2.83 bits per heavy atom. The number of rotatable bonds is 4. The summed E-state index contributed by atoms with van der Waals surface area (Å²) in [6.45, 7) is 2.06. The molecule has 0 bridgehead atoms. The molecule has 3 rings (SSSR count). The van der Waals surface area contributed by atoms with Crippen molar-refractivity contribution in [2.45, 2.75) is 41.1 Å². The van der Waals surface area contributed by atoms with Crippen LogP contribution in [0.2, 0.25) is 5.02 Å². The highest BCUT2D eigenvalue weighted by Gasteiger charge is 2.32. The average molecular weight is 372 g/mol. The molecule has 0 fully saturated rings. The van der Waals surface area contributed by atoms with Gasteiger partial charge in [-0.1, -0.05) is 24.9 Å². The van der Waals surface area contributed by atoms with Crippen LogP contribution < -0.4 is 5.73 Å². The molecular formula is C14H14ClN3O3S2. The number of benzene rings is 1. The molecule has 0 saturated carbocycles. The Morgan fingerprint density at radius 2 is 2.17 bits per heavy atom. The predicted octanol–water partition coefficient (Wildman–Crippen LogP) is 2.68. The van der Waals surface area contributed by atoms with E-state index in [4.69, 9.17) is 17.3 Å². The maximum absolute atomic E-state index is 12.8. The maximum Gasteiger partial charge on any atom is 0.270 e. The van der Waals surface area contributed by atoms with E-state index in [2.05, 4.69) is 11.9 Å². The summed E-state index contributed by atoms with van der Waals surface area (Å²) in [6, 6.07) is 2.68. The zero-order valence-electron chi connectivity index (χ0n) is 12.2. The maximum atomic E-state index is 12.8. The number of amides is 1. The summed E-state index contributed by atoms with van der Waals surface area (Å²) >= 11 is 7.22. The van der Waals surface area contributed by atoms with Crippen LogP contribution in [-0.2, 0) is 16.4 Å². The molecule has 122 valence electrons. The lowest BCUT2D eigenvalue weighted by molar-refractivity contribution is 0.1000. The molecule has 0 saturated heterocycles. The van der Waals surface area contributed by atoms with Crippen LogP contribution in [0.4, 0.5) is 0 Å². The van der Waals surface area contributed by atoms with Gasteiger partial charge in [0.05, 0.1) is 16.3 Å². The minimum Gasteiger partial charge on any atom is -0.366 e. The number of aryl methyl sites for hydroxylation is 1. The van der Waals surface area contributed by atoms with Crippen LogP contribution >= 0.6 is 23.4 Å². The Bertz CT molecular complexity index is 906. The standard InChI is InChI=1S/C14H14ClN3O3S2/c1-2-3-4-8-7-18-14(17-8)22-11-6-10(15)9(13(16)19)5-12(11)23(18,20)21/h5-7H,2-4H2,1H3,(H2,16,19). The van der Waals surface area contributed by atoms with E-state index in [0.717, 1.165) is 28.9 Å². The van der Waals surface area contributed by atoms with E-state index in [1.807, 2.05) is 0 Å². The van der Waals surface area contributed by atoms with Crippen LogP contribution in [0.15, 0.2) is 33.3 Å². The van der Waals surface area contributed by atoms with Crippen molar-refractivity contribution in [3.8, 4) is 0 Å². The van der Waals surface area contributed by atoms with Crippen LogP contribution in [0, 0.1) is 0 Å². The van der Waals surface area contributed by atoms with Gasteiger partial charge in [-0.05, 0) is 36.7 Å². The Morgan fingerprint density at radius 1 is 1.43 bits per heavy atom. The van der Waals surface area contributed by atoms with Gasteiger partial charge >= 0.3 is 0 Å². The second kappa shape index (κ2) is 5.85. The van der Waals surface area contributed by atoms with Crippen LogP contribution in [0.1, 0.15) is 35.8 Å². The summed E-state index contributed by atoms with van der Waals surface area (Å²) in [4.78, 5) is 16.3. The summed E-state index contributed by atoms with van der Waals surface area (Å²) < 4.78 is 26.7. The number of carbonyl (C=O) groups is 1. The van der Waals surface area contributed by atoms with Gasteiger partial charge in [-0.2, -0.15) is 0 Å². The van der Waals surface area contributed by atoms with Crippen LogP contribution in [0.3, 0.4) is 0 Å². The highest BCUT2D eigenvalue weighted by Crippen LogP contribution is 2.41. The van der Waals surface area contributed by atoms with Crippen molar-refractivity contribution in [1.82, 2.24) is 8.96 Å². The largest absolute Gasteiger partial charge is 0.366 e. The van der Waals surface area contributed by atoms with E-state index in [9.17, 15) is 13.2 Å². The lowest BCUT2D eigenvalue weighted by Crippen LogP contribution is -2.20. The van der Waals surface area contributed by atoms with E-state index in [1.165, 1.54) is 30.1 Å². The van der Waals surface area contributed by atoms with Gasteiger partial charge in [-0.3, -0.25) is 4.79 Å². The summed E-state index contributed by atoms with van der Waals surface area (Å²) in [6.07, 6.45) is 4.19. The molecule has 1 aliphatic rings. The molecule has 2 aromatic rings. The Balaban J connectivity index is 2.13. The first kappa shape index (κ1) is 16.4. The van der Waals surface area contributed by atoms with Gasteiger partial charge in [0.2, 0.25) is 5.91 Å². The van der Waals surface area contributed by atoms with Gasteiger partial charge in [-0.15, -0.1) is 0 Å². The summed E-state index contributed by atoms with van der Waals surface area (Å²) in [5.41, 5.74) is 5.96. The van der Waals surface area contributed by atoms with Crippen LogP contribution in [0.25, 0.3) is 0 Å². The van der Waals surface area contributed by atoms with E-state index in [-0.39, 0.29) is 15.5 Å². The topological polar surface area (TPSA) is 95.1 Å². The number of unbranched alkanes of at least 4 members (excludes halogenated alkanes) is 1. The molecule has 0 radical (unpaired) electrons. The van der Waals surface area contributed by atoms with Crippen molar-refractivity contribution in [3.63, 3.8) is 0 Å². The van der Waals surface area contributed by atoms with Crippen molar-refractivity contribution < 1.29 is 13.2 Å². The SMILES string of the molecule is CCCCc1cn2c(n1)Sc1cc(Cl)c(C(N)=O)cc1S2(=O)=O. The zero-order valence-corrected chi connectivity index (χ0v) is 14.6. The van der Waals surface area contributed by atoms with Gasteiger partial charge < -0.3 is 5.73 Å². The number of nitrogens with zero attached hydrogens (tertiary/aromatic N) is 2. The molecule has 0 atom stereocenters. The number of aromatic nitrogens is 2. The van der Waals surface area contributed by atoms with Gasteiger partial charge in [0, 0.05) is 11.1 Å². The molecule has 1 aromatic carbocycles. The van der Waals surface area contributed by atoms with Gasteiger partial charge in [0.1, 0.15) is 4.90 Å². The molecule has 23 heavy (non-hydrogen) atoms. The molecule has 9 heteroatoms. The van der Waals surface area contributed by atoms with Gasteiger partial charge in [-0.25, -0.2) is 17.4 Å². The molecule has 2 N–H and O–H groups in total. The lowest BCUT2D eigenvalue weighted by atomic mass is 10.2. The Hall–Kier alpha value is -1.51. The molecular weight excluding hydrogens is 358 g/mol. The molecule has 6 nitrogen and oxygen atoms in total. The third kappa shape index (κ3) is 2.75. The van der Waals surface area contributed by atoms with Crippen molar-refractivity contribution in [1.29, 1.82) is 0 Å². The molecule has 1 aliphatic heterocycles. The minimum atomic E-state index is -3.81. The minimum absolute atomic E-state index is 0.00985. The van der Waals surface area contributed by atoms with Gasteiger partial charge in [0.25, 0.3) is 10.0 Å². The highest BCUT2D eigenvalue weighted by atomic mass is 35.5. The number of carbonyl (C=O) groups excluding carboxylic acids is 1. The number of hydrogen-bond acceptors (Lipinski definition) is 5. The first-order chi connectivity index (χ1) is 10.8. The van der Waals surface area contributed by atoms with Crippen LogP contribution in [0.5, 0.6) is 0 Å². The fraction of sp³-hybridized carbons (Fsp3) is 0.286. The quantitative estimate of drug-likeness (QED) is 0.760. The monoisotopic (exact) mass is 371 g/mol. The Kier molecular flexibility index (Phi) is 4.16. The zero-order chi connectivity index (χ0) is 16.8. The van der Waals surface area contributed by atoms with Crippen LogP contribution in [-0.4, -0.2) is 23.3 Å². The molecule has 1 amide bonds. The highest BCUT2D eigenvalue weighted by molar-refractivity contribution is 8.01. The second-order valence-corrected chi connectivity index (χ2v) is 8.36. The third-order valence-electron chi connectivity index (χ3n) is 3.52. The van der Waals surface area contributed by atoms with Crippen molar-refractivity contribution >= 4 is 39.3 Å². The summed E-state index contributed by atoms with van der Waals surface area (Å²) in [7, 11) is -3.81. The average Bonchev–Trinajstić information content (AvgIpc) is 2.88. The van der Waals surface area contributed by atoms with Crippen molar-refractivity contribution in [2.24, 2.45) is 5.73 Å². The van der Waals surface area contributed by atoms with E-state index < -0.39 is 15.9 Å². The first-order valence-corrected chi connectivity index (χ1v) is 9.63. The number of primary amides is 1. The normalized spacial score (nSPS) is 15.0. The Labute approximate surface area is 143 Å². The fourth-order valence-corrected chi connectivity index (χ4v) is 5.63. The lowest BCUT2D eigenvalue weighted by Gasteiger charge is -2.18. The summed E-state index contributed by atoms with van der Waals surface area (Å²) in [5, 5.41) is 0.511. The van der Waals surface area contributed by atoms with E-state index >= 15 is 0 Å². The van der Waals surface area contributed by atoms with Crippen molar-refractivity contribution in [2.75, 3.05) is 0 Å². The second-order valence-electron chi connectivity index (χ2n) is 5.16. The van der Waals surface area contributed by atoms with E-state index in [0.29, 0.717) is 10.1 Å². The molecule has 0 aliphatic carbocycles. The molecule has 0 unspecified atom stereocenters. The smallest absolute Gasteiger partial charge is 0.270 e. The third-order valence-corrected chi connectivity index (χ3v) is 6.79. The molecule has 1 aromatic heterocycles. The van der Waals surface area contributed by atoms with Gasteiger partial charge in [0.15, 0.2) is 5.16 Å². The number of halogens is 1. The van der Waals surface area contributed by atoms with E-state index in [1.54, 1.807) is 0 Å². The molecule has 0 spiro atoms. The number of fused-ring (bicyclic) bond motifs is 2. The first-order valence-electron chi connectivity index (χ1n) is 6.99. The fourth-order valence-electron chi connectivity index (χ4n) is 2.32.